The standard InChI is InChI=1S/C17H18F3N5O3/c1-10(2)14(26)25-16-21-6-5-12(24-16)15(27)23-8-11-3-4-13(22-7-11)28-9-17(18,19)20/h3-7,10H,8-9H2,1-2H3,(H,23,27)(H,21,24,25,26). The lowest BCUT2D eigenvalue weighted by Crippen LogP contribution is -2.25. The van der Waals surface area contributed by atoms with Crippen molar-refractivity contribution in [3.8, 4) is 5.88 Å². The van der Waals surface area contributed by atoms with E-state index in [2.05, 4.69) is 30.3 Å². The Kier molecular flexibility index (Phi) is 6.85. The van der Waals surface area contributed by atoms with Crippen LogP contribution in [0.4, 0.5) is 19.1 Å². The van der Waals surface area contributed by atoms with E-state index in [0.717, 1.165) is 0 Å². The van der Waals surface area contributed by atoms with Crippen molar-refractivity contribution in [2.75, 3.05) is 11.9 Å². The number of nitrogens with zero attached hydrogens (tertiary/aromatic N) is 3. The second-order valence-electron chi connectivity index (χ2n) is 6.00. The van der Waals surface area contributed by atoms with Crippen LogP contribution in [0.15, 0.2) is 30.6 Å². The van der Waals surface area contributed by atoms with Crippen LogP contribution in [-0.2, 0) is 11.3 Å². The third-order valence-electron chi connectivity index (χ3n) is 3.28. The molecule has 28 heavy (non-hydrogen) atoms. The first-order valence-corrected chi connectivity index (χ1v) is 8.20. The van der Waals surface area contributed by atoms with Gasteiger partial charge >= 0.3 is 6.18 Å². The molecule has 0 aliphatic heterocycles. The Bertz CT molecular complexity index is 826. The van der Waals surface area contributed by atoms with Crippen LogP contribution in [0.25, 0.3) is 0 Å². The monoisotopic (exact) mass is 397 g/mol. The number of alkyl halides is 3. The molecule has 0 atom stereocenters. The predicted octanol–water partition coefficient (Wildman–Crippen LogP) is 2.34. The molecule has 2 heterocycles. The van der Waals surface area contributed by atoms with Crippen molar-refractivity contribution in [3.63, 3.8) is 0 Å². The zero-order valence-electron chi connectivity index (χ0n) is 15.1. The van der Waals surface area contributed by atoms with Crippen molar-refractivity contribution in [2.24, 2.45) is 5.92 Å². The Morgan fingerprint density at radius 2 is 1.93 bits per heavy atom. The van der Waals surface area contributed by atoms with E-state index in [0.29, 0.717) is 5.56 Å². The van der Waals surface area contributed by atoms with Crippen molar-refractivity contribution >= 4 is 17.8 Å². The van der Waals surface area contributed by atoms with E-state index in [-0.39, 0.29) is 35.9 Å². The van der Waals surface area contributed by atoms with Gasteiger partial charge in [0, 0.05) is 30.9 Å². The molecule has 2 aromatic rings. The Hall–Kier alpha value is -3.24. The summed E-state index contributed by atoms with van der Waals surface area (Å²) in [5.41, 5.74) is 0.599. The Morgan fingerprint density at radius 1 is 1.18 bits per heavy atom. The maximum Gasteiger partial charge on any atom is 0.422 e. The van der Waals surface area contributed by atoms with Gasteiger partial charge in [0.1, 0.15) is 5.69 Å². The van der Waals surface area contributed by atoms with Crippen molar-refractivity contribution < 1.29 is 27.5 Å². The number of carbonyl (C=O) groups is 2. The largest absolute Gasteiger partial charge is 0.468 e. The van der Waals surface area contributed by atoms with E-state index < -0.39 is 18.7 Å². The molecule has 0 aliphatic carbocycles. The Morgan fingerprint density at radius 3 is 2.54 bits per heavy atom. The number of pyridine rings is 1. The third kappa shape index (κ3) is 6.82. The number of rotatable bonds is 7. The lowest BCUT2D eigenvalue weighted by Gasteiger charge is -2.09. The maximum absolute atomic E-state index is 12.2. The van der Waals surface area contributed by atoms with E-state index in [9.17, 15) is 22.8 Å². The van der Waals surface area contributed by atoms with Crippen LogP contribution in [0.1, 0.15) is 29.9 Å². The smallest absolute Gasteiger partial charge is 0.422 e. The highest BCUT2D eigenvalue weighted by molar-refractivity contribution is 5.94. The fraction of sp³-hybridized carbons (Fsp3) is 0.353. The van der Waals surface area contributed by atoms with E-state index in [4.69, 9.17) is 0 Å². The molecule has 2 aromatic heterocycles. The summed E-state index contributed by atoms with van der Waals surface area (Å²) in [6.45, 7) is 2.06. The molecule has 2 rings (SSSR count). The molecular formula is C17H18F3N5O3. The minimum absolute atomic E-state index is 0.0131. The van der Waals surface area contributed by atoms with Gasteiger partial charge in [-0.3, -0.25) is 14.9 Å². The van der Waals surface area contributed by atoms with Gasteiger partial charge in [0.2, 0.25) is 17.7 Å². The summed E-state index contributed by atoms with van der Waals surface area (Å²) in [6, 6.07) is 4.14. The molecule has 0 aromatic carbocycles. The number of nitrogens with one attached hydrogen (secondary N) is 2. The minimum Gasteiger partial charge on any atom is -0.468 e. The number of carbonyl (C=O) groups excluding carboxylic acids is 2. The highest BCUT2D eigenvalue weighted by Gasteiger charge is 2.28. The molecule has 0 aliphatic rings. The van der Waals surface area contributed by atoms with Gasteiger partial charge in [-0.1, -0.05) is 19.9 Å². The Balaban J connectivity index is 1.90. The molecule has 0 saturated carbocycles. The number of hydrogen-bond acceptors (Lipinski definition) is 6. The molecule has 0 fully saturated rings. The van der Waals surface area contributed by atoms with E-state index >= 15 is 0 Å². The van der Waals surface area contributed by atoms with Crippen molar-refractivity contribution in [1.82, 2.24) is 20.3 Å². The molecule has 0 bridgehead atoms. The lowest BCUT2D eigenvalue weighted by atomic mass is 10.2. The first kappa shape index (κ1) is 21.1. The van der Waals surface area contributed by atoms with Gasteiger partial charge in [0.25, 0.3) is 5.91 Å². The fourth-order valence-electron chi connectivity index (χ4n) is 1.83. The second kappa shape index (κ2) is 9.11. The molecular weight excluding hydrogens is 379 g/mol. The molecule has 0 spiro atoms. The summed E-state index contributed by atoms with van der Waals surface area (Å²) in [4.78, 5) is 35.4. The summed E-state index contributed by atoms with van der Waals surface area (Å²) >= 11 is 0. The topological polar surface area (TPSA) is 106 Å². The van der Waals surface area contributed by atoms with Crippen LogP contribution in [0.5, 0.6) is 5.88 Å². The first-order valence-electron chi connectivity index (χ1n) is 8.20. The zero-order valence-corrected chi connectivity index (χ0v) is 15.1. The van der Waals surface area contributed by atoms with Crippen LogP contribution in [0.3, 0.4) is 0 Å². The molecule has 0 radical (unpaired) electrons. The Labute approximate surface area is 158 Å². The van der Waals surface area contributed by atoms with Crippen molar-refractivity contribution in [2.45, 2.75) is 26.6 Å². The van der Waals surface area contributed by atoms with Crippen LogP contribution >= 0.6 is 0 Å². The van der Waals surface area contributed by atoms with Crippen LogP contribution in [0.2, 0.25) is 0 Å². The number of amides is 2. The summed E-state index contributed by atoms with van der Waals surface area (Å²) in [6.07, 6.45) is -1.81. The van der Waals surface area contributed by atoms with Crippen molar-refractivity contribution in [3.05, 3.63) is 41.9 Å². The molecule has 2 N–H and O–H groups in total. The van der Waals surface area contributed by atoms with E-state index in [1.54, 1.807) is 13.8 Å². The molecule has 8 nitrogen and oxygen atoms in total. The lowest BCUT2D eigenvalue weighted by molar-refractivity contribution is -0.154. The van der Waals surface area contributed by atoms with E-state index in [1.807, 2.05) is 0 Å². The van der Waals surface area contributed by atoms with Crippen LogP contribution < -0.4 is 15.4 Å². The molecule has 11 heteroatoms. The number of hydrogen-bond donors (Lipinski definition) is 2. The van der Waals surface area contributed by atoms with Crippen molar-refractivity contribution in [1.29, 1.82) is 0 Å². The third-order valence-corrected chi connectivity index (χ3v) is 3.28. The van der Waals surface area contributed by atoms with Gasteiger partial charge in [-0.2, -0.15) is 13.2 Å². The molecule has 2 amide bonds. The van der Waals surface area contributed by atoms with Gasteiger partial charge < -0.3 is 10.1 Å². The van der Waals surface area contributed by atoms with Gasteiger partial charge in [-0.25, -0.2) is 15.0 Å². The number of ether oxygens (including phenoxy) is 1. The van der Waals surface area contributed by atoms with Crippen LogP contribution in [-0.4, -0.2) is 39.5 Å². The maximum atomic E-state index is 12.2. The number of halogens is 3. The minimum atomic E-state index is -4.45. The van der Waals surface area contributed by atoms with E-state index in [1.165, 1.54) is 30.6 Å². The van der Waals surface area contributed by atoms with Gasteiger partial charge in [0.05, 0.1) is 0 Å². The second-order valence-corrected chi connectivity index (χ2v) is 6.00. The van der Waals surface area contributed by atoms with Gasteiger partial charge in [-0.05, 0) is 11.6 Å². The number of aromatic nitrogens is 3. The summed E-state index contributed by atoms with van der Waals surface area (Å²) in [5, 5.41) is 5.09. The highest BCUT2D eigenvalue weighted by atomic mass is 19.4. The average molecular weight is 397 g/mol. The quantitative estimate of drug-likeness (QED) is 0.743. The molecule has 150 valence electrons. The highest BCUT2D eigenvalue weighted by Crippen LogP contribution is 2.17. The molecule has 0 unspecified atom stereocenters. The summed E-state index contributed by atoms with van der Waals surface area (Å²) in [5.74, 6) is -1.22. The number of anilines is 1. The fourth-order valence-corrected chi connectivity index (χ4v) is 1.83. The predicted molar refractivity (Wildman–Crippen MR) is 92.5 cm³/mol. The zero-order chi connectivity index (χ0) is 20.7. The molecule has 0 saturated heterocycles. The SMILES string of the molecule is CC(C)C(=O)Nc1nccc(C(=O)NCc2ccc(OCC(F)(F)F)nc2)n1. The van der Waals surface area contributed by atoms with Crippen LogP contribution in [0, 0.1) is 5.92 Å². The summed E-state index contributed by atoms with van der Waals surface area (Å²) in [7, 11) is 0. The first-order chi connectivity index (χ1) is 13.1. The summed E-state index contributed by atoms with van der Waals surface area (Å²) < 4.78 is 40.8. The van der Waals surface area contributed by atoms with Gasteiger partial charge in [0.15, 0.2) is 6.61 Å². The average Bonchev–Trinajstić information content (AvgIpc) is 2.64. The van der Waals surface area contributed by atoms with Gasteiger partial charge in [-0.15, -0.1) is 0 Å². The normalized spacial score (nSPS) is 11.2.